The Balaban J connectivity index is 3.01. The Morgan fingerprint density at radius 3 is 0.958 bits per heavy atom. The van der Waals surface area contributed by atoms with Crippen LogP contribution in [0.4, 0.5) is 0 Å². The van der Waals surface area contributed by atoms with Gasteiger partial charge in [-0.1, -0.05) is 56.1 Å². The third-order valence-corrected chi connectivity index (χ3v) is 7.48. The third kappa shape index (κ3) is 5.17. The van der Waals surface area contributed by atoms with Crippen molar-refractivity contribution in [2.24, 2.45) is 16.2 Å². The van der Waals surface area contributed by atoms with Crippen LogP contribution in [0.25, 0.3) is 27.8 Å². The van der Waals surface area contributed by atoms with Gasteiger partial charge in [-0.3, -0.25) is 0 Å². The fraction of sp³-hybridized carbons (Fsp3) is 0.100. The molecule has 0 aliphatic carbocycles. The average molecular weight is 670 g/mol. The van der Waals surface area contributed by atoms with Gasteiger partial charge in [0.25, 0.3) is 16.2 Å². The molecule has 18 heteroatoms. The second-order valence-corrected chi connectivity index (χ2v) is 9.77. The fourth-order valence-corrected chi connectivity index (χ4v) is 4.71. The molecule has 48 heavy (non-hydrogen) atoms. The zero-order valence-corrected chi connectivity index (χ0v) is 23.9. The number of carbonyl (C=O) groups is 9. The molecule has 0 unspecified atom stereocenters. The van der Waals surface area contributed by atoms with Gasteiger partial charge >= 0.3 is 53.7 Å². The summed E-state index contributed by atoms with van der Waals surface area (Å²) in [5.74, 6) is -21.9. The van der Waals surface area contributed by atoms with Crippen molar-refractivity contribution in [3.8, 4) is 11.1 Å². The van der Waals surface area contributed by atoms with E-state index in [9.17, 15) is 89.1 Å². The first-order valence-electron chi connectivity index (χ1n) is 12.5. The number of benzene rings is 2. The monoisotopic (exact) mass is 670 g/mol. The highest BCUT2D eigenvalue weighted by Crippen LogP contribution is 2.45. The molecule has 2 aromatic rings. The van der Waals surface area contributed by atoms with Crippen molar-refractivity contribution in [2.45, 2.75) is 0 Å². The highest BCUT2D eigenvalue weighted by molar-refractivity contribution is 6.29. The maximum Gasteiger partial charge on any atom is 0.337 e. The van der Waals surface area contributed by atoms with Crippen molar-refractivity contribution in [1.29, 1.82) is 0 Å². The molecule has 0 aromatic heterocycles. The largest absolute Gasteiger partial charge is 0.480 e. The van der Waals surface area contributed by atoms with Gasteiger partial charge in [-0.15, -0.1) is 0 Å². The number of aliphatic carboxylic acids is 9. The quantitative estimate of drug-likeness (QED) is 0.113. The number of hydrogen-bond acceptors (Lipinski definition) is 9. The SMILES string of the molecule is C=C(c1ccc(-c2ccc(C(=C)C(C(=O)O)(C(=O)O)C(=O)O)c(C(=C)C(C(=O)O)(C(=O)O)C(=O)O)c2)cc1)C(C(=O)O)(C(=O)O)C(=O)O. The average Bonchev–Trinajstić information content (AvgIpc) is 2.95. The van der Waals surface area contributed by atoms with Gasteiger partial charge in [-0.2, -0.15) is 0 Å². The summed E-state index contributed by atoms with van der Waals surface area (Å²) < 4.78 is 0. The third-order valence-electron chi connectivity index (χ3n) is 7.48. The summed E-state index contributed by atoms with van der Waals surface area (Å²) in [6.07, 6.45) is 0. The number of carboxylic acids is 9. The van der Waals surface area contributed by atoms with Gasteiger partial charge in [0.1, 0.15) is 0 Å². The minimum atomic E-state index is -3.92. The second-order valence-electron chi connectivity index (χ2n) is 9.77. The summed E-state index contributed by atoms with van der Waals surface area (Å²) in [6.45, 7) is 9.81. The predicted molar refractivity (Wildman–Crippen MR) is 155 cm³/mol. The number of rotatable bonds is 16. The van der Waals surface area contributed by atoms with Crippen molar-refractivity contribution in [1.82, 2.24) is 0 Å². The van der Waals surface area contributed by atoms with Gasteiger partial charge in [0.2, 0.25) is 0 Å². The highest BCUT2D eigenvalue weighted by Gasteiger charge is 2.61. The van der Waals surface area contributed by atoms with E-state index in [0.717, 1.165) is 42.5 Å². The summed E-state index contributed by atoms with van der Waals surface area (Å²) >= 11 is 0. The summed E-state index contributed by atoms with van der Waals surface area (Å²) in [5, 5.41) is 86.6. The van der Waals surface area contributed by atoms with Crippen LogP contribution in [0.3, 0.4) is 0 Å². The van der Waals surface area contributed by atoms with Crippen LogP contribution in [0, 0.1) is 16.2 Å². The maximum atomic E-state index is 12.1. The molecule has 0 aliphatic heterocycles. The van der Waals surface area contributed by atoms with E-state index in [1.165, 1.54) is 0 Å². The summed E-state index contributed by atoms with van der Waals surface area (Å²) in [5.41, 5.74) is -17.0. The molecule has 0 heterocycles. The molecule has 250 valence electrons. The highest BCUT2D eigenvalue weighted by atomic mass is 16.4. The molecule has 2 aromatic carbocycles. The first-order chi connectivity index (χ1) is 22.0. The van der Waals surface area contributed by atoms with Crippen molar-refractivity contribution in [2.75, 3.05) is 0 Å². The maximum absolute atomic E-state index is 12.1. The van der Waals surface area contributed by atoms with Gasteiger partial charge in [0.15, 0.2) is 0 Å². The Hall–Kier alpha value is -7.11. The van der Waals surface area contributed by atoms with Crippen molar-refractivity contribution in [3.63, 3.8) is 0 Å². The van der Waals surface area contributed by atoms with Gasteiger partial charge in [0, 0.05) is 0 Å². The molecule has 9 N–H and O–H groups in total. The first-order valence-corrected chi connectivity index (χ1v) is 12.5. The Morgan fingerprint density at radius 1 is 0.375 bits per heavy atom. The lowest BCUT2D eigenvalue weighted by Gasteiger charge is -2.28. The van der Waals surface area contributed by atoms with Crippen LogP contribution in [0.2, 0.25) is 0 Å². The molecule has 2 rings (SSSR count). The molecule has 0 aliphatic rings. The van der Waals surface area contributed by atoms with E-state index in [-0.39, 0.29) is 16.7 Å². The number of carboxylic acid groups (broad SMARTS) is 9. The lowest BCUT2D eigenvalue weighted by atomic mass is 9.71. The van der Waals surface area contributed by atoms with E-state index in [2.05, 4.69) is 19.7 Å². The molecule has 18 nitrogen and oxygen atoms in total. The molecule has 0 spiro atoms. The number of hydrogen-bond donors (Lipinski definition) is 9. The van der Waals surface area contributed by atoms with Gasteiger partial charge in [-0.25, -0.2) is 43.2 Å². The predicted octanol–water partition coefficient (Wildman–Crippen LogP) is 1.11. The molecular formula is C30H22O18. The zero-order chi connectivity index (χ0) is 37.3. The van der Waals surface area contributed by atoms with Crippen LogP contribution in [0.5, 0.6) is 0 Å². The van der Waals surface area contributed by atoms with Crippen molar-refractivity contribution < 1.29 is 89.1 Å². The molecule has 0 atom stereocenters. The molecule has 0 radical (unpaired) electrons. The Morgan fingerprint density at radius 2 is 0.646 bits per heavy atom. The van der Waals surface area contributed by atoms with Gasteiger partial charge in [0.05, 0.1) is 0 Å². The van der Waals surface area contributed by atoms with Gasteiger partial charge in [-0.05, 0) is 50.6 Å². The summed E-state index contributed by atoms with van der Waals surface area (Å²) in [6, 6.07) is 6.80. The Bertz CT molecular complexity index is 1770. The van der Waals surface area contributed by atoms with E-state index in [1.54, 1.807) is 0 Å². The lowest BCUT2D eigenvalue weighted by Crippen LogP contribution is -2.48. The second kappa shape index (κ2) is 12.7. The first kappa shape index (κ1) is 37.1. The zero-order valence-electron chi connectivity index (χ0n) is 23.9. The molecular weight excluding hydrogens is 648 g/mol. The van der Waals surface area contributed by atoms with E-state index in [4.69, 9.17) is 0 Å². The van der Waals surface area contributed by atoms with Crippen LogP contribution < -0.4 is 0 Å². The van der Waals surface area contributed by atoms with Crippen LogP contribution in [0.15, 0.2) is 62.2 Å². The Kier molecular flexibility index (Phi) is 9.82. The van der Waals surface area contributed by atoms with Crippen LogP contribution in [-0.4, -0.2) is 99.7 Å². The van der Waals surface area contributed by atoms with Crippen molar-refractivity contribution >= 4 is 70.4 Å². The topological polar surface area (TPSA) is 336 Å². The van der Waals surface area contributed by atoms with Crippen LogP contribution in [-0.2, 0) is 43.2 Å². The van der Waals surface area contributed by atoms with Crippen LogP contribution >= 0.6 is 0 Å². The normalized spacial score (nSPS) is 11.4. The Labute approximate surface area is 266 Å². The minimum Gasteiger partial charge on any atom is -0.480 e. The molecule has 0 fully saturated rings. The van der Waals surface area contributed by atoms with Crippen molar-refractivity contribution in [3.05, 3.63) is 78.9 Å². The van der Waals surface area contributed by atoms with E-state index in [1.807, 2.05) is 0 Å². The van der Waals surface area contributed by atoms with Crippen LogP contribution in [0.1, 0.15) is 16.7 Å². The smallest absolute Gasteiger partial charge is 0.337 e. The van der Waals surface area contributed by atoms with E-state index in [0.29, 0.717) is 0 Å². The standard InChI is InChI=1S/C30H22O18/c1-11(28(19(31)32,20(33)34)21(35)36)14-4-6-15(7-5-14)16-8-9-17(12(2)29(22(37)38,23(39)40)24(41)42)18(10-16)13(3)30(25(43)44,26(45)46)27(47)48/h4-10H,1-3H2,(H,31,32)(H,33,34)(H,35,36)(H,37,38)(H,39,40)(H,41,42)(H,43,44)(H,45,46)(H,47,48). The van der Waals surface area contributed by atoms with E-state index >= 15 is 0 Å². The fourth-order valence-electron chi connectivity index (χ4n) is 4.71. The lowest BCUT2D eigenvalue weighted by molar-refractivity contribution is -0.173. The summed E-state index contributed by atoms with van der Waals surface area (Å²) in [4.78, 5) is 108. The molecule has 0 amide bonds. The summed E-state index contributed by atoms with van der Waals surface area (Å²) in [7, 11) is 0. The van der Waals surface area contributed by atoms with E-state index < -0.39 is 97.8 Å². The molecule has 0 saturated carbocycles. The van der Waals surface area contributed by atoms with Gasteiger partial charge < -0.3 is 46.0 Å². The minimum absolute atomic E-state index is 0.00289. The molecule has 0 bridgehead atoms. The molecule has 0 saturated heterocycles.